The number of hydrogen-bond donors (Lipinski definition) is 2. The van der Waals surface area contributed by atoms with Crippen molar-refractivity contribution in [2.45, 2.75) is 60.9 Å². The van der Waals surface area contributed by atoms with Gasteiger partial charge in [-0.3, -0.25) is 9.36 Å². The smallest absolute Gasteiger partial charge is 0.321 e. The maximum atomic E-state index is 15.6. The molecule has 1 aromatic heterocycles. The first kappa shape index (κ1) is 39.2. The molecule has 1 heterocycles. The fourth-order valence-electron chi connectivity index (χ4n) is 5.44. The molecule has 0 saturated carbocycles. The van der Waals surface area contributed by atoms with Crippen molar-refractivity contribution in [3.63, 3.8) is 0 Å². The summed E-state index contributed by atoms with van der Waals surface area (Å²) in [5.74, 6) is -3.84. The SMILES string of the molecule is COc1cc(C(C)(C)c2cnc(SCc3c(F)cc(S(=O)(=O)N(CCCC[NH+](C)C)C(C)C(=O)O)cc3F)n2-c2ccc(F)cc2)ccc1Cl. The zero-order chi connectivity index (χ0) is 37.0. The molecule has 0 saturated heterocycles. The summed E-state index contributed by atoms with van der Waals surface area (Å²) in [5.41, 5.74) is 0.961. The summed E-state index contributed by atoms with van der Waals surface area (Å²) in [6.45, 7) is 5.74. The molecule has 0 radical (unpaired) electrons. The Kier molecular flexibility index (Phi) is 12.7. The van der Waals surface area contributed by atoms with Crippen LogP contribution in [0.15, 0.2) is 70.8 Å². The minimum atomic E-state index is -4.57. The molecule has 4 rings (SSSR count). The predicted octanol–water partition coefficient (Wildman–Crippen LogP) is 5.96. The Morgan fingerprint density at radius 3 is 2.30 bits per heavy atom. The summed E-state index contributed by atoms with van der Waals surface area (Å²) in [6.07, 6.45) is 2.63. The number of thioether (sulfide) groups is 1. The molecule has 9 nitrogen and oxygen atoms in total. The summed E-state index contributed by atoms with van der Waals surface area (Å²) < 4.78 is 80.2. The van der Waals surface area contributed by atoms with Crippen molar-refractivity contribution in [3.8, 4) is 11.4 Å². The summed E-state index contributed by atoms with van der Waals surface area (Å²) in [7, 11) is 0.815. The minimum Gasteiger partial charge on any atom is -0.495 e. The molecule has 0 amide bonds. The van der Waals surface area contributed by atoms with Crippen molar-refractivity contribution in [1.82, 2.24) is 13.9 Å². The number of carboxylic acid groups (broad SMARTS) is 1. The first-order valence-electron chi connectivity index (χ1n) is 15.8. The molecular formula is C35H41ClF3N4O5S2+. The fraction of sp³-hybridized carbons (Fsp3) is 0.371. The minimum absolute atomic E-state index is 0.128. The molecule has 3 aromatic carbocycles. The maximum absolute atomic E-state index is 15.6. The van der Waals surface area contributed by atoms with E-state index >= 15 is 8.78 Å². The number of ether oxygens (including phenoxy) is 1. The zero-order valence-corrected chi connectivity index (χ0v) is 31.0. The van der Waals surface area contributed by atoms with Crippen molar-refractivity contribution >= 4 is 39.4 Å². The van der Waals surface area contributed by atoms with Gasteiger partial charge in [-0.25, -0.2) is 26.6 Å². The van der Waals surface area contributed by atoms with Crippen LogP contribution < -0.4 is 9.64 Å². The van der Waals surface area contributed by atoms with Crippen LogP contribution in [0.2, 0.25) is 5.02 Å². The standard InChI is InChI=1S/C35H40ClF3N4O5S2/c1-22(33(44)45)42(16-8-7-15-41(4)5)50(46,47)26-18-29(38)27(30(39)19-26)21-49-34-40-20-32(43(34)25-12-10-24(37)11-13-25)35(2,3)23-9-14-28(36)31(17-23)48-6/h9-14,17-20,22H,7-8,15-16,21H2,1-6H3,(H,44,45)/p+1. The van der Waals surface area contributed by atoms with Crippen LogP contribution in [-0.2, 0) is 26.0 Å². The number of quaternary nitrogens is 1. The van der Waals surface area contributed by atoms with Crippen LogP contribution in [-0.4, -0.2) is 73.7 Å². The number of halogens is 4. The molecule has 0 spiro atoms. The zero-order valence-electron chi connectivity index (χ0n) is 28.6. The van der Waals surface area contributed by atoms with Crippen LogP contribution in [0.4, 0.5) is 13.2 Å². The third-order valence-corrected chi connectivity index (χ3v) is 11.7. The molecule has 1 atom stereocenters. The Morgan fingerprint density at radius 1 is 1.08 bits per heavy atom. The van der Waals surface area contributed by atoms with Gasteiger partial charge < -0.3 is 14.7 Å². The number of nitrogens with one attached hydrogen (secondary N) is 1. The molecule has 0 fully saturated rings. The van der Waals surface area contributed by atoms with Crippen molar-refractivity contribution in [1.29, 1.82) is 0 Å². The summed E-state index contributed by atoms with van der Waals surface area (Å²) in [6, 6.07) is 11.1. The van der Waals surface area contributed by atoms with Crippen LogP contribution in [0, 0.1) is 17.5 Å². The Bertz CT molecular complexity index is 1920. The number of methoxy groups -OCH3 is 1. The first-order chi connectivity index (χ1) is 23.5. The van der Waals surface area contributed by atoms with Gasteiger partial charge in [0.05, 0.1) is 49.6 Å². The van der Waals surface area contributed by atoms with Gasteiger partial charge >= 0.3 is 5.97 Å². The molecule has 15 heteroatoms. The summed E-state index contributed by atoms with van der Waals surface area (Å²) >= 11 is 7.28. The second-order valence-electron chi connectivity index (χ2n) is 12.7. The number of aliphatic carboxylic acids is 1. The van der Waals surface area contributed by atoms with Gasteiger partial charge in [0.15, 0.2) is 5.16 Å². The lowest BCUT2D eigenvalue weighted by atomic mass is 9.81. The van der Waals surface area contributed by atoms with E-state index in [0.717, 1.165) is 45.2 Å². The van der Waals surface area contributed by atoms with Gasteiger partial charge in [0, 0.05) is 29.0 Å². The number of aromatic nitrogens is 2. The molecule has 0 aliphatic carbocycles. The number of benzene rings is 3. The highest BCUT2D eigenvalue weighted by Gasteiger charge is 2.34. The predicted molar refractivity (Wildman–Crippen MR) is 187 cm³/mol. The average molecular weight is 754 g/mol. The molecule has 270 valence electrons. The van der Waals surface area contributed by atoms with Crippen LogP contribution >= 0.6 is 23.4 Å². The maximum Gasteiger partial charge on any atom is 0.321 e. The Balaban J connectivity index is 1.68. The van der Waals surface area contributed by atoms with Gasteiger partial charge in [0.1, 0.15) is 29.2 Å². The van der Waals surface area contributed by atoms with E-state index in [1.165, 1.54) is 26.2 Å². The van der Waals surface area contributed by atoms with E-state index in [1.54, 1.807) is 35.0 Å². The molecule has 0 aliphatic heterocycles. The molecule has 2 N–H and O–H groups in total. The lowest BCUT2D eigenvalue weighted by Crippen LogP contribution is -3.05. The Labute approximate surface area is 300 Å². The molecular weight excluding hydrogens is 713 g/mol. The van der Waals surface area contributed by atoms with E-state index in [-0.39, 0.29) is 12.3 Å². The van der Waals surface area contributed by atoms with Crippen LogP contribution in [0.3, 0.4) is 0 Å². The second kappa shape index (κ2) is 16.2. The number of carbonyl (C=O) groups is 1. The largest absolute Gasteiger partial charge is 0.495 e. The molecule has 4 aromatic rings. The lowest BCUT2D eigenvalue weighted by Gasteiger charge is -2.28. The third-order valence-electron chi connectivity index (χ3n) is 8.49. The highest BCUT2D eigenvalue weighted by atomic mass is 35.5. The molecule has 50 heavy (non-hydrogen) atoms. The van der Waals surface area contributed by atoms with Gasteiger partial charge in [0.2, 0.25) is 10.0 Å². The number of rotatable bonds is 16. The van der Waals surface area contributed by atoms with E-state index in [2.05, 4.69) is 4.98 Å². The monoisotopic (exact) mass is 753 g/mol. The third kappa shape index (κ3) is 8.65. The fourth-order valence-corrected chi connectivity index (χ4v) is 8.30. The van der Waals surface area contributed by atoms with Crippen molar-refractivity contribution < 1.29 is 41.1 Å². The quantitative estimate of drug-likeness (QED) is 0.108. The van der Waals surface area contributed by atoms with E-state index in [4.69, 9.17) is 16.3 Å². The number of nitrogens with zero attached hydrogens (tertiary/aromatic N) is 3. The van der Waals surface area contributed by atoms with E-state index in [0.29, 0.717) is 40.2 Å². The van der Waals surface area contributed by atoms with Gasteiger partial charge in [0.25, 0.3) is 0 Å². The number of imidazole rings is 1. The van der Waals surface area contributed by atoms with Crippen LogP contribution in [0.25, 0.3) is 5.69 Å². The lowest BCUT2D eigenvalue weighted by molar-refractivity contribution is -0.858. The van der Waals surface area contributed by atoms with Gasteiger partial charge in [-0.15, -0.1) is 0 Å². The Morgan fingerprint density at radius 2 is 1.72 bits per heavy atom. The average Bonchev–Trinajstić information content (AvgIpc) is 3.49. The molecule has 1 unspecified atom stereocenters. The Hall–Kier alpha value is -3.56. The number of carboxylic acids is 1. The number of sulfonamides is 1. The van der Waals surface area contributed by atoms with Gasteiger partial charge in [-0.1, -0.05) is 43.3 Å². The van der Waals surface area contributed by atoms with Gasteiger partial charge in [-0.05, 0) is 73.9 Å². The number of hydrogen-bond acceptors (Lipinski definition) is 6. The highest BCUT2D eigenvalue weighted by molar-refractivity contribution is 7.98. The summed E-state index contributed by atoms with van der Waals surface area (Å²) in [4.78, 5) is 16.8. The van der Waals surface area contributed by atoms with Crippen molar-refractivity contribution in [3.05, 3.63) is 100 Å². The van der Waals surface area contributed by atoms with Crippen molar-refractivity contribution in [2.24, 2.45) is 0 Å². The van der Waals surface area contributed by atoms with Crippen LogP contribution in [0.5, 0.6) is 5.75 Å². The van der Waals surface area contributed by atoms with Gasteiger partial charge in [-0.2, -0.15) is 4.31 Å². The van der Waals surface area contributed by atoms with E-state index < -0.39 is 55.4 Å². The summed E-state index contributed by atoms with van der Waals surface area (Å²) in [5, 5.41) is 10.4. The molecule has 0 aliphatic rings. The van der Waals surface area contributed by atoms with Crippen LogP contribution in [0.1, 0.15) is 50.4 Å². The highest BCUT2D eigenvalue weighted by Crippen LogP contribution is 2.39. The normalized spacial score (nSPS) is 12.9. The second-order valence-corrected chi connectivity index (χ2v) is 15.9. The first-order valence-corrected chi connectivity index (χ1v) is 18.6. The topological polar surface area (TPSA) is 106 Å². The number of unbranched alkanes of at least 4 members (excludes halogenated alkanes) is 1. The molecule has 0 bridgehead atoms. The van der Waals surface area contributed by atoms with E-state index in [9.17, 15) is 22.7 Å². The van der Waals surface area contributed by atoms with E-state index in [1.807, 2.05) is 34.0 Å². The van der Waals surface area contributed by atoms with Crippen molar-refractivity contribution in [2.75, 3.05) is 34.3 Å².